The second-order valence-corrected chi connectivity index (χ2v) is 9.01. The Balaban J connectivity index is 1.78. The van der Waals surface area contributed by atoms with E-state index in [1.54, 1.807) is 12.3 Å². The van der Waals surface area contributed by atoms with Crippen LogP contribution in [-0.2, 0) is 38.2 Å². The molecule has 0 spiro atoms. The summed E-state index contributed by atoms with van der Waals surface area (Å²) < 4.78 is 19.4. The number of nitrogens with one attached hydrogen (secondary N) is 1. The van der Waals surface area contributed by atoms with Crippen molar-refractivity contribution in [2.75, 3.05) is 26.1 Å². The van der Waals surface area contributed by atoms with E-state index in [2.05, 4.69) is 20.2 Å². The fourth-order valence-electron chi connectivity index (χ4n) is 3.29. The number of β-lactam (4-membered cyclic amide) rings is 1. The van der Waals surface area contributed by atoms with Gasteiger partial charge in [0, 0.05) is 23.6 Å². The average Bonchev–Trinajstić information content (AvgIpc) is 3.38. The minimum absolute atomic E-state index is 0.0484. The van der Waals surface area contributed by atoms with Crippen molar-refractivity contribution in [2.45, 2.75) is 31.6 Å². The molecule has 1 fully saturated rings. The van der Waals surface area contributed by atoms with Crippen LogP contribution in [-0.4, -0.2) is 89.4 Å². The number of carbonyl (C=O) groups excluding carboxylic acids is 5. The molecule has 3 atom stereocenters. The third kappa shape index (κ3) is 6.48. The maximum Gasteiger partial charge on any atom is 0.511 e. The summed E-state index contributed by atoms with van der Waals surface area (Å²) in [4.78, 5) is 71.4. The number of oxime groups is 1. The van der Waals surface area contributed by atoms with Gasteiger partial charge >= 0.3 is 18.2 Å². The van der Waals surface area contributed by atoms with Gasteiger partial charge in [-0.15, -0.1) is 23.1 Å². The zero-order valence-corrected chi connectivity index (χ0v) is 21.5. The molecule has 200 valence electrons. The van der Waals surface area contributed by atoms with Crippen LogP contribution in [0.25, 0.3) is 0 Å². The highest BCUT2D eigenvalue weighted by molar-refractivity contribution is 8.00. The molecule has 3 N–H and O–H groups in total. The molecule has 3 heterocycles. The first kappa shape index (κ1) is 27.7. The van der Waals surface area contributed by atoms with Crippen molar-refractivity contribution in [1.82, 2.24) is 15.2 Å². The number of amides is 3. The van der Waals surface area contributed by atoms with Gasteiger partial charge in [-0.25, -0.2) is 19.4 Å². The number of esters is 1. The first-order valence-electron chi connectivity index (χ1n) is 10.6. The number of primary amides is 1. The maximum atomic E-state index is 13.1. The van der Waals surface area contributed by atoms with Crippen LogP contribution in [0.5, 0.6) is 0 Å². The van der Waals surface area contributed by atoms with Crippen molar-refractivity contribution >= 4 is 58.8 Å². The maximum absolute atomic E-state index is 13.1. The third-order valence-corrected chi connectivity index (χ3v) is 6.71. The standard InChI is InChI=1S/C20H23N5O10S2/c1-4-32-20(30)35-9(2)34-18(28)14-10(5-33-19(21)29)6-37-17-13(16(27)25(14)17)23-15(26)12(24-31-3)11-7-36-8-22-11/h7-9,13,17H,4-6H2,1-3H3,(H2,21,29)(H,23,26)/b24-12-/t9?,13?,17-/m1/s1. The molecule has 2 aliphatic rings. The monoisotopic (exact) mass is 557 g/mol. The van der Waals surface area contributed by atoms with Gasteiger partial charge in [0.05, 0.1) is 12.1 Å². The predicted molar refractivity (Wildman–Crippen MR) is 127 cm³/mol. The Morgan fingerprint density at radius 1 is 1.30 bits per heavy atom. The SMILES string of the molecule is CCOC(=O)OC(C)OC(=O)C1=C(COC(N)=O)CS[C@@H]2C(NC(=O)/C(=N\OC)c3cscn3)C(=O)N12. The molecular formula is C20H23N5O10S2. The molecule has 17 heteroatoms. The lowest BCUT2D eigenvalue weighted by Crippen LogP contribution is -2.71. The van der Waals surface area contributed by atoms with Crippen LogP contribution >= 0.6 is 23.1 Å². The van der Waals surface area contributed by atoms with Gasteiger partial charge < -0.3 is 34.8 Å². The second-order valence-electron chi connectivity index (χ2n) is 7.19. The molecule has 1 aromatic heterocycles. The normalized spacial score (nSPS) is 19.7. The van der Waals surface area contributed by atoms with Crippen molar-refractivity contribution in [2.24, 2.45) is 10.9 Å². The molecule has 2 unspecified atom stereocenters. The van der Waals surface area contributed by atoms with E-state index < -0.39 is 47.7 Å². The Morgan fingerprint density at radius 3 is 2.68 bits per heavy atom. The zero-order valence-electron chi connectivity index (χ0n) is 19.8. The number of nitrogens with zero attached hydrogens (tertiary/aromatic N) is 3. The lowest BCUT2D eigenvalue weighted by atomic mass is 10.0. The third-order valence-electron chi connectivity index (χ3n) is 4.79. The first-order chi connectivity index (χ1) is 17.7. The van der Waals surface area contributed by atoms with E-state index in [4.69, 9.17) is 24.8 Å². The van der Waals surface area contributed by atoms with Gasteiger partial charge in [0.15, 0.2) is 5.71 Å². The Bertz CT molecular complexity index is 1120. The van der Waals surface area contributed by atoms with Gasteiger partial charge in [-0.3, -0.25) is 14.5 Å². The lowest BCUT2D eigenvalue weighted by molar-refractivity contribution is -0.169. The summed E-state index contributed by atoms with van der Waals surface area (Å²) in [6.07, 6.45) is -3.50. The number of nitrogens with two attached hydrogens (primary N) is 1. The first-order valence-corrected chi connectivity index (χ1v) is 12.6. The van der Waals surface area contributed by atoms with E-state index in [0.29, 0.717) is 0 Å². The number of ether oxygens (including phenoxy) is 4. The molecule has 0 aliphatic carbocycles. The summed E-state index contributed by atoms with van der Waals surface area (Å²) in [6.45, 7) is 2.51. The summed E-state index contributed by atoms with van der Waals surface area (Å²) in [6, 6.07) is -1.02. The molecule has 37 heavy (non-hydrogen) atoms. The van der Waals surface area contributed by atoms with Gasteiger partial charge in [-0.2, -0.15) is 0 Å². The molecule has 1 saturated heterocycles. The topological polar surface area (TPSA) is 198 Å². The van der Waals surface area contributed by atoms with Crippen molar-refractivity contribution in [3.05, 3.63) is 27.9 Å². The molecule has 15 nitrogen and oxygen atoms in total. The molecule has 3 rings (SSSR count). The largest absolute Gasteiger partial charge is 0.511 e. The Morgan fingerprint density at radius 2 is 2.05 bits per heavy atom. The van der Waals surface area contributed by atoms with Crippen molar-refractivity contribution in [1.29, 1.82) is 0 Å². The summed E-state index contributed by atoms with van der Waals surface area (Å²) in [7, 11) is 1.26. The fourth-order valence-corrected chi connectivity index (χ4v) is 5.16. The highest BCUT2D eigenvalue weighted by atomic mass is 32.2. The summed E-state index contributed by atoms with van der Waals surface area (Å²) in [5.74, 6) is -2.23. The summed E-state index contributed by atoms with van der Waals surface area (Å²) in [5, 5.41) is 7.16. The lowest BCUT2D eigenvalue weighted by Gasteiger charge is -2.49. The van der Waals surface area contributed by atoms with Crippen LogP contribution < -0.4 is 11.1 Å². The van der Waals surface area contributed by atoms with Crippen LogP contribution in [0, 0.1) is 0 Å². The predicted octanol–water partition coefficient (Wildman–Crippen LogP) is 0.305. The number of hydrogen-bond donors (Lipinski definition) is 2. The number of aromatic nitrogens is 1. The molecule has 0 aromatic carbocycles. The second kappa shape index (κ2) is 12.4. The molecule has 0 bridgehead atoms. The van der Waals surface area contributed by atoms with E-state index in [1.165, 1.54) is 42.6 Å². The van der Waals surface area contributed by atoms with Crippen molar-refractivity contribution < 1.29 is 47.8 Å². The van der Waals surface area contributed by atoms with Crippen LogP contribution in [0.2, 0.25) is 0 Å². The van der Waals surface area contributed by atoms with E-state index in [1.807, 2.05) is 0 Å². The van der Waals surface area contributed by atoms with Gasteiger partial charge in [-0.05, 0) is 6.92 Å². The Hall–Kier alpha value is -3.86. The van der Waals surface area contributed by atoms with E-state index in [-0.39, 0.29) is 41.6 Å². The summed E-state index contributed by atoms with van der Waals surface area (Å²) >= 11 is 2.45. The number of fused-ring (bicyclic) bond motifs is 1. The molecule has 1 aromatic rings. The van der Waals surface area contributed by atoms with Gasteiger partial charge in [-0.1, -0.05) is 5.16 Å². The molecule has 0 radical (unpaired) electrons. The molecule has 0 saturated carbocycles. The van der Waals surface area contributed by atoms with Gasteiger partial charge in [0.1, 0.15) is 36.5 Å². The van der Waals surface area contributed by atoms with Gasteiger partial charge in [0.2, 0.25) is 6.29 Å². The van der Waals surface area contributed by atoms with Crippen molar-refractivity contribution in [3.8, 4) is 0 Å². The number of hydrogen-bond acceptors (Lipinski definition) is 14. The number of carbonyl (C=O) groups is 5. The quantitative estimate of drug-likeness (QED) is 0.0998. The molecule has 3 amide bonds. The smallest absolute Gasteiger partial charge is 0.445 e. The molecule has 2 aliphatic heterocycles. The minimum Gasteiger partial charge on any atom is -0.445 e. The molecular weight excluding hydrogens is 534 g/mol. The zero-order chi connectivity index (χ0) is 27.1. The van der Waals surface area contributed by atoms with Crippen LogP contribution in [0.1, 0.15) is 19.5 Å². The average molecular weight is 558 g/mol. The van der Waals surface area contributed by atoms with E-state index in [9.17, 15) is 24.0 Å². The minimum atomic E-state index is -1.36. The van der Waals surface area contributed by atoms with E-state index >= 15 is 0 Å². The number of thiazole rings is 1. The van der Waals surface area contributed by atoms with Crippen LogP contribution in [0.15, 0.2) is 27.3 Å². The van der Waals surface area contributed by atoms with Crippen molar-refractivity contribution in [3.63, 3.8) is 0 Å². The number of rotatable bonds is 10. The summed E-state index contributed by atoms with van der Waals surface area (Å²) in [5.41, 5.74) is 6.68. The Labute approximate surface area is 218 Å². The highest BCUT2D eigenvalue weighted by Gasteiger charge is 2.55. The van der Waals surface area contributed by atoms with Crippen LogP contribution in [0.4, 0.5) is 9.59 Å². The van der Waals surface area contributed by atoms with Crippen LogP contribution in [0.3, 0.4) is 0 Å². The van der Waals surface area contributed by atoms with Gasteiger partial charge in [0.25, 0.3) is 11.8 Å². The number of thioether (sulfide) groups is 1. The van der Waals surface area contributed by atoms with E-state index in [0.717, 1.165) is 4.90 Å². The Kier molecular flexibility index (Phi) is 9.29. The highest BCUT2D eigenvalue weighted by Crippen LogP contribution is 2.41. The fraction of sp³-hybridized carbons (Fsp3) is 0.450.